The Morgan fingerprint density at radius 3 is 3.04 bits per heavy atom. The average Bonchev–Trinajstić information content (AvgIpc) is 3.14. The largest absolute Gasteiger partial charge is 0.465 e. The monoisotopic (exact) mass is 334 g/mol. The first-order chi connectivity index (χ1) is 11.2. The van der Waals surface area contributed by atoms with E-state index in [0.29, 0.717) is 5.56 Å². The first kappa shape index (κ1) is 16.1. The molecule has 7 heteroatoms. The first-order valence-corrected chi connectivity index (χ1v) is 9.08. The van der Waals surface area contributed by atoms with Gasteiger partial charge in [-0.15, -0.1) is 0 Å². The fraction of sp³-hybridized carbons (Fsp3) is 0.562. The van der Waals surface area contributed by atoms with Crippen LogP contribution in [0.25, 0.3) is 0 Å². The molecular weight excluding hydrogens is 312 g/mol. The molecule has 0 saturated heterocycles. The summed E-state index contributed by atoms with van der Waals surface area (Å²) in [5, 5.41) is 8.92. The molecule has 2 aromatic rings. The number of carbonyl (C=O) groups excluding carboxylic acids is 1. The molecule has 1 aliphatic heterocycles. The molecule has 23 heavy (non-hydrogen) atoms. The van der Waals surface area contributed by atoms with Crippen molar-refractivity contribution in [3.05, 3.63) is 34.9 Å². The highest BCUT2D eigenvalue weighted by atomic mass is 32.2. The number of fused-ring (bicyclic) bond motifs is 1. The van der Waals surface area contributed by atoms with Gasteiger partial charge >= 0.3 is 5.97 Å². The smallest absolute Gasteiger partial charge is 0.341 e. The van der Waals surface area contributed by atoms with Crippen molar-refractivity contribution in [1.29, 1.82) is 0 Å². The molecule has 2 aromatic heterocycles. The van der Waals surface area contributed by atoms with Crippen molar-refractivity contribution in [2.45, 2.75) is 45.0 Å². The summed E-state index contributed by atoms with van der Waals surface area (Å²) in [5.74, 6) is 1.40. The van der Waals surface area contributed by atoms with E-state index in [1.165, 1.54) is 12.7 Å². The van der Waals surface area contributed by atoms with Crippen molar-refractivity contribution >= 4 is 17.7 Å². The van der Waals surface area contributed by atoms with Gasteiger partial charge in [0.25, 0.3) is 0 Å². The Bertz CT molecular complexity index is 692. The predicted molar refractivity (Wildman–Crippen MR) is 89.6 cm³/mol. The molecule has 0 spiro atoms. The summed E-state index contributed by atoms with van der Waals surface area (Å²) in [6.45, 7) is 3.80. The van der Waals surface area contributed by atoms with Crippen LogP contribution >= 0.6 is 11.8 Å². The number of aryl methyl sites for hydroxylation is 3. The van der Waals surface area contributed by atoms with Crippen LogP contribution in [0.1, 0.15) is 40.2 Å². The first-order valence-electron chi connectivity index (χ1n) is 7.92. The second kappa shape index (κ2) is 7.21. The van der Waals surface area contributed by atoms with Crippen LogP contribution in [0.4, 0.5) is 0 Å². The van der Waals surface area contributed by atoms with E-state index < -0.39 is 0 Å². The molecule has 124 valence electrons. The van der Waals surface area contributed by atoms with Gasteiger partial charge in [-0.1, -0.05) is 0 Å². The second-order valence-electron chi connectivity index (χ2n) is 5.77. The van der Waals surface area contributed by atoms with Crippen LogP contribution < -0.4 is 0 Å². The van der Waals surface area contributed by atoms with E-state index in [0.717, 1.165) is 55.2 Å². The Hall–Kier alpha value is -1.76. The van der Waals surface area contributed by atoms with E-state index in [1.54, 1.807) is 11.8 Å². The van der Waals surface area contributed by atoms with Crippen LogP contribution in [0.15, 0.2) is 12.4 Å². The third kappa shape index (κ3) is 3.60. The van der Waals surface area contributed by atoms with Crippen LogP contribution in [0.5, 0.6) is 0 Å². The van der Waals surface area contributed by atoms with Crippen molar-refractivity contribution in [3.8, 4) is 0 Å². The lowest BCUT2D eigenvalue weighted by atomic mass is 10.1. The standard InChI is InChI=1S/C16H22N4O2S/c1-12-9-17-19(10-12)7-8-23-11-13-15(16(21)22-2)14-5-3-4-6-20(14)18-13/h9-10H,3-8,11H2,1-2H3. The molecule has 6 nitrogen and oxygen atoms in total. The van der Waals surface area contributed by atoms with E-state index in [4.69, 9.17) is 4.74 Å². The zero-order valence-electron chi connectivity index (χ0n) is 13.6. The third-order valence-electron chi connectivity index (χ3n) is 4.02. The zero-order valence-corrected chi connectivity index (χ0v) is 14.4. The molecular formula is C16H22N4O2S. The van der Waals surface area contributed by atoms with Crippen LogP contribution in [0.3, 0.4) is 0 Å². The number of hydrogen-bond acceptors (Lipinski definition) is 5. The minimum atomic E-state index is -0.258. The number of rotatable bonds is 6. The number of esters is 1. The topological polar surface area (TPSA) is 61.9 Å². The number of aromatic nitrogens is 4. The number of hydrogen-bond donors (Lipinski definition) is 0. The molecule has 0 amide bonds. The fourth-order valence-electron chi connectivity index (χ4n) is 2.90. The molecule has 3 rings (SSSR count). The van der Waals surface area contributed by atoms with Gasteiger partial charge in [-0.3, -0.25) is 9.36 Å². The van der Waals surface area contributed by atoms with E-state index in [1.807, 2.05) is 28.7 Å². The van der Waals surface area contributed by atoms with Gasteiger partial charge in [-0.2, -0.15) is 22.0 Å². The van der Waals surface area contributed by atoms with E-state index in [9.17, 15) is 4.79 Å². The minimum absolute atomic E-state index is 0.258. The lowest BCUT2D eigenvalue weighted by Gasteiger charge is -2.13. The van der Waals surface area contributed by atoms with Crippen LogP contribution in [0.2, 0.25) is 0 Å². The van der Waals surface area contributed by atoms with Gasteiger partial charge in [0.1, 0.15) is 5.56 Å². The maximum absolute atomic E-state index is 12.1. The van der Waals surface area contributed by atoms with Crippen LogP contribution in [0, 0.1) is 6.92 Å². The summed E-state index contributed by atoms with van der Waals surface area (Å²) in [6.07, 6.45) is 7.05. The minimum Gasteiger partial charge on any atom is -0.465 e. The molecule has 0 fully saturated rings. The summed E-state index contributed by atoms with van der Waals surface area (Å²) < 4.78 is 8.90. The van der Waals surface area contributed by atoms with Crippen LogP contribution in [-0.2, 0) is 30.0 Å². The molecule has 3 heterocycles. The SMILES string of the molecule is COC(=O)c1c(CSCCn2cc(C)cn2)nn2c1CCCC2. The van der Waals surface area contributed by atoms with Crippen molar-refractivity contribution in [2.75, 3.05) is 12.9 Å². The summed E-state index contributed by atoms with van der Waals surface area (Å²) in [4.78, 5) is 12.1. The Morgan fingerprint density at radius 1 is 1.43 bits per heavy atom. The molecule has 0 atom stereocenters. The molecule has 1 aliphatic rings. The number of methoxy groups -OCH3 is 1. The fourth-order valence-corrected chi connectivity index (χ4v) is 3.76. The molecule has 0 bridgehead atoms. The van der Waals surface area contributed by atoms with Gasteiger partial charge in [0.05, 0.1) is 24.7 Å². The molecule has 0 radical (unpaired) electrons. The Morgan fingerprint density at radius 2 is 2.30 bits per heavy atom. The molecule has 0 N–H and O–H groups in total. The van der Waals surface area contributed by atoms with E-state index in [-0.39, 0.29) is 5.97 Å². The van der Waals surface area contributed by atoms with Gasteiger partial charge in [-0.05, 0) is 31.7 Å². The summed E-state index contributed by atoms with van der Waals surface area (Å²) in [6, 6.07) is 0. The molecule has 0 aromatic carbocycles. The highest BCUT2D eigenvalue weighted by Crippen LogP contribution is 2.25. The Labute approximate surface area is 140 Å². The van der Waals surface area contributed by atoms with Gasteiger partial charge in [-0.25, -0.2) is 4.79 Å². The summed E-state index contributed by atoms with van der Waals surface area (Å²) >= 11 is 1.77. The van der Waals surface area contributed by atoms with Crippen molar-refractivity contribution in [3.63, 3.8) is 0 Å². The summed E-state index contributed by atoms with van der Waals surface area (Å²) in [5.41, 5.74) is 3.76. The summed E-state index contributed by atoms with van der Waals surface area (Å²) in [7, 11) is 1.44. The second-order valence-corrected chi connectivity index (χ2v) is 6.88. The maximum Gasteiger partial charge on any atom is 0.341 e. The quantitative estimate of drug-likeness (QED) is 0.600. The predicted octanol–water partition coefficient (Wildman–Crippen LogP) is 2.44. The molecule has 0 saturated carbocycles. The highest BCUT2D eigenvalue weighted by molar-refractivity contribution is 7.98. The Balaban J connectivity index is 1.64. The van der Waals surface area contributed by atoms with Crippen molar-refractivity contribution in [2.24, 2.45) is 0 Å². The number of ether oxygens (including phenoxy) is 1. The van der Waals surface area contributed by atoms with Gasteiger partial charge in [0, 0.05) is 30.8 Å². The average molecular weight is 334 g/mol. The lowest BCUT2D eigenvalue weighted by Crippen LogP contribution is -2.14. The Kier molecular flexibility index (Phi) is 5.05. The third-order valence-corrected chi connectivity index (χ3v) is 4.97. The number of thioether (sulfide) groups is 1. The van der Waals surface area contributed by atoms with Crippen LogP contribution in [-0.4, -0.2) is 38.4 Å². The normalized spacial score (nSPS) is 13.8. The molecule has 0 aliphatic carbocycles. The maximum atomic E-state index is 12.1. The van der Waals surface area contributed by atoms with Crippen molar-refractivity contribution in [1.82, 2.24) is 19.6 Å². The van der Waals surface area contributed by atoms with E-state index >= 15 is 0 Å². The number of carbonyl (C=O) groups is 1. The molecule has 0 unspecified atom stereocenters. The van der Waals surface area contributed by atoms with Gasteiger partial charge in [0.2, 0.25) is 0 Å². The van der Waals surface area contributed by atoms with E-state index in [2.05, 4.69) is 10.2 Å². The number of nitrogens with zero attached hydrogens (tertiary/aromatic N) is 4. The lowest BCUT2D eigenvalue weighted by molar-refractivity contribution is 0.0598. The van der Waals surface area contributed by atoms with Gasteiger partial charge < -0.3 is 4.74 Å². The zero-order chi connectivity index (χ0) is 16.2. The van der Waals surface area contributed by atoms with Gasteiger partial charge in [0.15, 0.2) is 0 Å². The van der Waals surface area contributed by atoms with Crippen molar-refractivity contribution < 1.29 is 9.53 Å². The highest BCUT2D eigenvalue weighted by Gasteiger charge is 2.25.